The molecule has 41 heavy (non-hydrogen) atoms. The van der Waals surface area contributed by atoms with E-state index in [2.05, 4.69) is 36.4 Å². The van der Waals surface area contributed by atoms with Crippen LogP contribution in [0.2, 0.25) is 0 Å². The molecule has 0 radical (unpaired) electrons. The number of aliphatic hydroxyl groups is 1. The number of unbranched alkanes of at least 4 members (excludes halogenated alkanes) is 1. The highest BCUT2D eigenvalue weighted by Crippen LogP contribution is 2.23. The Morgan fingerprint density at radius 2 is 1.24 bits per heavy atom. The Morgan fingerprint density at radius 1 is 0.683 bits per heavy atom. The third-order valence-electron chi connectivity index (χ3n) is 7.35. The Morgan fingerprint density at radius 3 is 1.78 bits per heavy atom. The number of aliphatic hydroxyl groups excluding tert-OH is 1. The molecule has 1 heterocycles. The lowest BCUT2D eigenvalue weighted by atomic mass is 10.0. The van der Waals surface area contributed by atoms with Crippen LogP contribution in [0, 0.1) is 0 Å². The summed E-state index contributed by atoms with van der Waals surface area (Å²) in [5.41, 5.74) is 3.35. The van der Waals surface area contributed by atoms with Crippen LogP contribution >= 0.6 is 0 Å². The summed E-state index contributed by atoms with van der Waals surface area (Å²) in [6.07, 6.45) is 5.29. The van der Waals surface area contributed by atoms with Gasteiger partial charge in [-0.05, 0) is 55.2 Å². The van der Waals surface area contributed by atoms with Crippen molar-refractivity contribution < 1.29 is 28.8 Å². The second-order valence-electron chi connectivity index (χ2n) is 10.7. The van der Waals surface area contributed by atoms with E-state index in [0.29, 0.717) is 32.8 Å². The fourth-order valence-corrected chi connectivity index (χ4v) is 5.00. The number of hydrogen-bond acceptors (Lipinski definition) is 6. The van der Waals surface area contributed by atoms with Crippen LogP contribution in [0.4, 0.5) is 0 Å². The average Bonchev–Trinajstić information content (AvgIpc) is 3.04. The van der Waals surface area contributed by atoms with E-state index in [1.807, 2.05) is 54.6 Å². The molecule has 1 aliphatic heterocycles. The summed E-state index contributed by atoms with van der Waals surface area (Å²) < 4.78 is 31.7. The molecule has 222 valence electrons. The van der Waals surface area contributed by atoms with Crippen LogP contribution in [0.1, 0.15) is 61.6 Å². The molecule has 6 nitrogen and oxygen atoms in total. The van der Waals surface area contributed by atoms with E-state index in [4.69, 9.17) is 23.7 Å². The normalized spacial score (nSPS) is 17.6. The van der Waals surface area contributed by atoms with Gasteiger partial charge >= 0.3 is 0 Å². The second kappa shape index (κ2) is 18.8. The zero-order chi connectivity index (χ0) is 28.4. The van der Waals surface area contributed by atoms with Gasteiger partial charge < -0.3 is 28.8 Å². The van der Waals surface area contributed by atoms with Gasteiger partial charge in [0.25, 0.3) is 0 Å². The topological polar surface area (TPSA) is 66.4 Å². The third kappa shape index (κ3) is 12.0. The van der Waals surface area contributed by atoms with Crippen LogP contribution in [-0.2, 0) is 43.5 Å². The summed E-state index contributed by atoms with van der Waals surface area (Å²) in [6.45, 7) is 2.80. The lowest BCUT2D eigenvalue weighted by Gasteiger charge is -2.32. The van der Waals surface area contributed by atoms with Gasteiger partial charge in [-0.2, -0.15) is 0 Å². The van der Waals surface area contributed by atoms with Crippen molar-refractivity contribution in [1.82, 2.24) is 0 Å². The van der Waals surface area contributed by atoms with Gasteiger partial charge in [0.2, 0.25) is 0 Å². The third-order valence-corrected chi connectivity index (χ3v) is 7.35. The zero-order valence-electron chi connectivity index (χ0n) is 24.2. The monoisotopic (exact) mass is 562 g/mol. The highest BCUT2D eigenvalue weighted by Gasteiger charge is 2.28. The molecule has 0 saturated carbocycles. The SMILES string of the molecule is OCCCC[C@@H](OCc1ccccc1)[C@H](C[C@@H](COC1CCCCO1)OCc1ccccc1)OCc1ccccc1. The molecule has 1 N–H and O–H groups in total. The maximum absolute atomic E-state index is 9.47. The molecule has 3 aromatic carbocycles. The quantitative estimate of drug-likeness (QED) is 0.161. The van der Waals surface area contributed by atoms with Crippen molar-refractivity contribution in [2.24, 2.45) is 0 Å². The minimum atomic E-state index is -0.228. The minimum absolute atomic E-state index is 0.166. The molecule has 1 unspecified atom stereocenters. The van der Waals surface area contributed by atoms with Crippen molar-refractivity contribution in [2.75, 3.05) is 19.8 Å². The number of rotatable bonds is 19. The molecular formula is C35H46O6. The molecule has 6 heteroatoms. The average molecular weight is 563 g/mol. The molecule has 0 aliphatic carbocycles. The minimum Gasteiger partial charge on any atom is -0.396 e. The lowest BCUT2D eigenvalue weighted by molar-refractivity contribution is -0.188. The van der Waals surface area contributed by atoms with E-state index in [1.54, 1.807) is 0 Å². The molecular weight excluding hydrogens is 516 g/mol. The molecule has 1 saturated heterocycles. The lowest BCUT2D eigenvalue weighted by Crippen LogP contribution is -2.38. The smallest absolute Gasteiger partial charge is 0.157 e. The molecule has 0 aromatic heterocycles. The first-order valence-corrected chi connectivity index (χ1v) is 15.1. The van der Waals surface area contributed by atoms with E-state index in [1.165, 1.54) is 0 Å². The van der Waals surface area contributed by atoms with Gasteiger partial charge in [0.15, 0.2) is 6.29 Å². The first-order chi connectivity index (χ1) is 20.3. The predicted molar refractivity (Wildman–Crippen MR) is 160 cm³/mol. The molecule has 3 aromatic rings. The van der Waals surface area contributed by atoms with Gasteiger partial charge in [-0.3, -0.25) is 0 Å². The maximum Gasteiger partial charge on any atom is 0.157 e. The first kappa shape index (κ1) is 31.4. The van der Waals surface area contributed by atoms with Gasteiger partial charge in [-0.25, -0.2) is 0 Å². The standard InChI is InChI=1S/C35H46O6/c36-22-12-10-20-33(39-26-30-16-6-2-7-17-30)34(40-27-31-18-8-3-9-19-31)24-32(28-41-35-21-11-13-23-37-35)38-25-29-14-4-1-5-15-29/h1-9,14-19,32-36H,10-13,20-28H2/t32-,33+,34-,35?/m0/s1. The van der Waals surface area contributed by atoms with Gasteiger partial charge in [0.1, 0.15) is 0 Å². The molecule has 4 atom stereocenters. The van der Waals surface area contributed by atoms with E-state index in [9.17, 15) is 5.11 Å². The molecule has 1 fully saturated rings. The Kier molecular flexibility index (Phi) is 14.4. The molecule has 0 amide bonds. The van der Waals surface area contributed by atoms with Crippen molar-refractivity contribution >= 4 is 0 Å². The summed E-state index contributed by atoms with van der Waals surface area (Å²) in [4.78, 5) is 0. The Balaban J connectivity index is 1.49. The number of ether oxygens (including phenoxy) is 5. The highest BCUT2D eigenvalue weighted by molar-refractivity contribution is 5.15. The molecule has 0 bridgehead atoms. The van der Waals surface area contributed by atoms with Crippen LogP contribution in [-0.4, -0.2) is 49.5 Å². The van der Waals surface area contributed by atoms with E-state index < -0.39 is 0 Å². The Bertz CT molecular complexity index is 1040. The van der Waals surface area contributed by atoms with Gasteiger partial charge in [-0.1, -0.05) is 91.0 Å². The Hall–Kier alpha value is -2.58. The van der Waals surface area contributed by atoms with Gasteiger partial charge in [-0.15, -0.1) is 0 Å². The highest BCUT2D eigenvalue weighted by atomic mass is 16.7. The zero-order valence-corrected chi connectivity index (χ0v) is 24.2. The van der Waals surface area contributed by atoms with Gasteiger partial charge in [0, 0.05) is 19.6 Å². The predicted octanol–water partition coefficient (Wildman–Crippen LogP) is 6.84. The summed E-state index contributed by atoms with van der Waals surface area (Å²) >= 11 is 0. The summed E-state index contributed by atoms with van der Waals surface area (Å²) in [5, 5.41) is 9.47. The molecule has 4 rings (SSSR count). The van der Waals surface area contributed by atoms with Crippen LogP contribution < -0.4 is 0 Å². The van der Waals surface area contributed by atoms with Crippen molar-refractivity contribution in [2.45, 2.75) is 89.4 Å². The number of benzene rings is 3. The summed E-state index contributed by atoms with van der Waals surface area (Å²) in [5.74, 6) is 0. The summed E-state index contributed by atoms with van der Waals surface area (Å²) in [6, 6.07) is 30.7. The first-order valence-electron chi connectivity index (χ1n) is 15.1. The van der Waals surface area contributed by atoms with Crippen molar-refractivity contribution in [3.63, 3.8) is 0 Å². The molecule has 0 spiro atoms. The van der Waals surface area contributed by atoms with E-state index >= 15 is 0 Å². The largest absolute Gasteiger partial charge is 0.396 e. The fraction of sp³-hybridized carbons (Fsp3) is 0.486. The van der Waals surface area contributed by atoms with Crippen LogP contribution in [0.25, 0.3) is 0 Å². The van der Waals surface area contributed by atoms with Crippen LogP contribution in [0.3, 0.4) is 0 Å². The number of hydrogen-bond donors (Lipinski definition) is 1. The van der Waals surface area contributed by atoms with Crippen LogP contribution in [0.15, 0.2) is 91.0 Å². The van der Waals surface area contributed by atoms with Crippen LogP contribution in [0.5, 0.6) is 0 Å². The maximum atomic E-state index is 9.47. The Labute approximate surface area is 245 Å². The van der Waals surface area contributed by atoms with E-state index in [-0.39, 0.29) is 31.2 Å². The summed E-state index contributed by atoms with van der Waals surface area (Å²) in [7, 11) is 0. The van der Waals surface area contributed by atoms with Gasteiger partial charge in [0.05, 0.1) is 44.7 Å². The fourth-order valence-electron chi connectivity index (χ4n) is 5.00. The molecule has 1 aliphatic rings. The second-order valence-corrected chi connectivity index (χ2v) is 10.7. The van der Waals surface area contributed by atoms with Crippen molar-refractivity contribution in [3.05, 3.63) is 108 Å². The van der Waals surface area contributed by atoms with E-state index in [0.717, 1.165) is 61.8 Å². The van der Waals surface area contributed by atoms with Crippen molar-refractivity contribution in [3.8, 4) is 0 Å². The van der Waals surface area contributed by atoms with Crippen molar-refractivity contribution in [1.29, 1.82) is 0 Å².